The van der Waals surface area contributed by atoms with E-state index in [0.29, 0.717) is 0 Å². The Kier molecular flexibility index (Phi) is 2.78. The first-order chi connectivity index (χ1) is 7.59. The summed E-state index contributed by atoms with van der Waals surface area (Å²) in [5.41, 5.74) is 6.65. The molecule has 1 aromatic carbocycles. The normalized spacial score (nSPS) is 10.5. The summed E-state index contributed by atoms with van der Waals surface area (Å²) in [4.78, 5) is 0. The van der Waals surface area contributed by atoms with Crippen LogP contribution in [0.3, 0.4) is 0 Å². The maximum Gasteiger partial charge on any atom is 0.212 e. The molecule has 0 saturated carbocycles. The van der Waals surface area contributed by atoms with Crippen molar-refractivity contribution in [3.8, 4) is 11.3 Å². The summed E-state index contributed by atoms with van der Waals surface area (Å²) in [5, 5.41) is 0. The van der Waals surface area contributed by atoms with Crippen molar-refractivity contribution in [2.24, 2.45) is 7.05 Å². The lowest BCUT2D eigenvalue weighted by Crippen LogP contribution is -2.30. The quantitative estimate of drug-likeness (QED) is 0.639. The van der Waals surface area contributed by atoms with Crippen LogP contribution in [-0.2, 0) is 7.05 Å². The molecule has 0 bridgehead atoms. The van der Waals surface area contributed by atoms with Crippen molar-refractivity contribution in [1.29, 1.82) is 0 Å². The van der Waals surface area contributed by atoms with E-state index in [0.717, 1.165) is 0 Å². The molecule has 0 fully saturated rings. The maximum absolute atomic E-state index is 2.25. The summed E-state index contributed by atoms with van der Waals surface area (Å²) in [7, 11) is 2.09. The van der Waals surface area contributed by atoms with Crippen LogP contribution in [0, 0.1) is 20.8 Å². The number of hydrogen-bond donors (Lipinski definition) is 0. The maximum atomic E-state index is 2.25. The fourth-order valence-corrected chi connectivity index (χ4v) is 2.37. The number of pyridine rings is 1. The van der Waals surface area contributed by atoms with E-state index < -0.39 is 0 Å². The standard InChI is InChI=1S/C15H18N/c1-11-9-12(2)15(13(3)10-11)14-7-5-6-8-16(14)4/h5-10H,1-4H3/q+1. The molecular formula is C15H18N+. The highest BCUT2D eigenvalue weighted by molar-refractivity contribution is 5.65. The molecule has 0 amide bonds. The highest BCUT2D eigenvalue weighted by Gasteiger charge is 2.13. The van der Waals surface area contributed by atoms with Crippen LogP contribution in [0.5, 0.6) is 0 Å². The molecule has 0 unspecified atom stereocenters. The lowest BCUT2D eigenvalue weighted by Gasteiger charge is -2.09. The number of nitrogens with zero attached hydrogens (tertiary/aromatic N) is 1. The zero-order chi connectivity index (χ0) is 11.7. The van der Waals surface area contributed by atoms with Gasteiger partial charge in [0.1, 0.15) is 7.05 Å². The van der Waals surface area contributed by atoms with Crippen LogP contribution in [0.2, 0.25) is 0 Å². The molecule has 0 spiro atoms. The molecule has 82 valence electrons. The minimum Gasteiger partial charge on any atom is -0.201 e. The van der Waals surface area contributed by atoms with E-state index in [2.05, 4.69) is 68.9 Å². The first-order valence-electron chi connectivity index (χ1n) is 5.62. The molecule has 16 heavy (non-hydrogen) atoms. The first-order valence-corrected chi connectivity index (χ1v) is 5.62. The average Bonchev–Trinajstić information content (AvgIpc) is 2.19. The summed E-state index contributed by atoms with van der Waals surface area (Å²) in [6.07, 6.45) is 2.09. The molecule has 1 aromatic heterocycles. The summed E-state index contributed by atoms with van der Waals surface area (Å²) in [6, 6.07) is 10.8. The predicted octanol–water partition coefficient (Wildman–Crippen LogP) is 3.10. The van der Waals surface area contributed by atoms with E-state index in [1.54, 1.807) is 0 Å². The van der Waals surface area contributed by atoms with Crippen LogP contribution < -0.4 is 4.57 Å². The van der Waals surface area contributed by atoms with Gasteiger partial charge in [0.25, 0.3) is 0 Å². The zero-order valence-electron chi connectivity index (χ0n) is 10.4. The summed E-state index contributed by atoms with van der Waals surface area (Å²) >= 11 is 0. The molecule has 1 heterocycles. The van der Waals surface area contributed by atoms with Gasteiger partial charge in [-0.15, -0.1) is 0 Å². The molecule has 0 aliphatic rings. The minimum absolute atomic E-state index is 1.28. The highest BCUT2D eigenvalue weighted by Crippen LogP contribution is 2.25. The third-order valence-electron chi connectivity index (χ3n) is 2.99. The number of aromatic nitrogens is 1. The highest BCUT2D eigenvalue weighted by atomic mass is 14.9. The Balaban J connectivity index is 2.70. The van der Waals surface area contributed by atoms with Crippen molar-refractivity contribution >= 4 is 0 Å². The largest absolute Gasteiger partial charge is 0.212 e. The molecule has 0 saturated heterocycles. The van der Waals surface area contributed by atoms with Gasteiger partial charge in [0.15, 0.2) is 6.20 Å². The van der Waals surface area contributed by atoms with Gasteiger partial charge in [-0.2, -0.15) is 0 Å². The van der Waals surface area contributed by atoms with E-state index in [1.165, 1.54) is 27.9 Å². The van der Waals surface area contributed by atoms with Crippen LogP contribution in [0.25, 0.3) is 11.3 Å². The summed E-state index contributed by atoms with van der Waals surface area (Å²) in [5.74, 6) is 0. The number of benzene rings is 1. The van der Waals surface area contributed by atoms with E-state index in [1.807, 2.05) is 0 Å². The molecule has 0 aliphatic heterocycles. The van der Waals surface area contributed by atoms with Crippen molar-refractivity contribution < 1.29 is 4.57 Å². The second kappa shape index (κ2) is 4.09. The Bertz CT molecular complexity index is 504. The van der Waals surface area contributed by atoms with Crippen LogP contribution in [0.15, 0.2) is 36.5 Å². The van der Waals surface area contributed by atoms with Gasteiger partial charge in [-0.3, -0.25) is 0 Å². The van der Waals surface area contributed by atoms with E-state index in [9.17, 15) is 0 Å². The predicted molar refractivity (Wildman–Crippen MR) is 67.3 cm³/mol. The van der Waals surface area contributed by atoms with Gasteiger partial charge in [-0.1, -0.05) is 17.7 Å². The third kappa shape index (κ3) is 1.85. The number of hydrogen-bond acceptors (Lipinski definition) is 0. The smallest absolute Gasteiger partial charge is 0.201 e. The van der Waals surface area contributed by atoms with Crippen LogP contribution in [0.1, 0.15) is 16.7 Å². The minimum atomic E-state index is 1.28. The lowest BCUT2D eigenvalue weighted by molar-refractivity contribution is -0.660. The fourth-order valence-electron chi connectivity index (χ4n) is 2.37. The zero-order valence-corrected chi connectivity index (χ0v) is 10.4. The Hall–Kier alpha value is -1.63. The molecule has 0 N–H and O–H groups in total. The van der Waals surface area contributed by atoms with Crippen molar-refractivity contribution in [3.63, 3.8) is 0 Å². The lowest BCUT2D eigenvalue weighted by atomic mass is 9.97. The molecule has 0 radical (unpaired) electrons. The van der Waals surface area contributed by atoms with Crippen molar-refractivity contribution in [1.82, 2.24) is 0 Å². The fraction of sp³-hybridized carbons (Fsp3) is 0.267. The molecule has 1 nitrogen and oxygen atoms in total. The van der Waals surface area contributed by atoms with Gasteiger partial charge in [-0.25, -0.2) is 4.57 Å². The van der Waals surface area contributed by atoms with E-state index in [4.69, 9.17) is 0 Å². The van der Waals surface area contributed by atoms with E-state index >= 15 is 0 Å². The van der Waals surface area contributed by atoms with Crippen molar-refractivity contribution in [2.45, 2.75) is 20.8 Å². The molecular weight excluding hydrogens is 194 g/mol. The Morgan fingerprint density at radius 1 is 0.938 bits per heavy atom. The second-order valence-electron chi connectivity index (χ2n) is 4.47. The second-order valence-corrected chi connectivity index (χ2v) is 4.47. The van der Waals surface area contributed by atoms with Gasteiger partial charge in [0.2, 0.25) is 5.69 Å². The molecule has 2 rings (SSSR count). The topological polar surface area (TPSA) is 3.88 Å². The SMILES string of the molecule is Cc1cc(C)c(-c2cccc[n+]2C)c(C)c1. The molecule has 1 heteroatoms. The average molecular weight is 212 g/mol. The Labute approximate surface area is 97.4 Å². The Morgan fingerprint density at radius 3 is 2.12 bits per heavy atom. The van der Waals surface area contributed by atoms with Crippen LogP contribution in [0.4, 0.5) is 0 Å². The monoisotopic (exact) mass is 212 g/mol. The van der Waals surface area contributed by atoms with Crippen LogP contribution in [-0.4, -0.2) is 0 Å². The molecule has 0 aliphatic carbocycles. The van der Waals surface area contributed by atoms with Crippen molar-refractivity contribution in [2.75, 3.05) is 0 Å². The van der Waals surface area contributed by atoms with Gasteiger partial charge in [0, 0.05) is 12.1 Å². The van der Waals surface area contributed by atoms with Gasteiger partial charge >= 0.3 is 0 Å². The third-order valence-corrected chi connectivity index (χ3v) is 2.99. The van der Waals surface area contributed by atoms with Crippen molar-refractivity contribution in [3.05, 3.63) is 53.2 Å². The summed E-state index contributed by atoms with van der Waals surface area (Å²) < 4.78 is 2.17. The van der Waals surface area contributed by atoms with Crippen LogP contribution >= 0.6 is 0 Å². The molecule has 2 aromatic rings. The van der Waals surface area contributed by atoms with Gasteiger partial charge < -0.3 is 0 Å². The molecule has 0 atom stereocenters. The first kappa shape index (κ1) is 10.9. The Morgan fingerprint density at radius 2 is 1.56 bits per heavy atom. The summed E-state index contributed by atoms with van der Waals surface area (Å²) in [6.45, 7) is 6.51. The number of rotatable bonds is 1. The van der Waals surface area contributed by atoms with E-state index in [-0.39, 0.29) is 0 Å². The van der Waals surface area contributed by atoms with Gasteiger partial charge in [-0.05, 0) is 38.0 Å². The number of aryl methyl sites for hydroxylation is 4. The van der Waals surface area contributed by atoms with Gasteiger partial charge in [0.05, 0.1) is 5.56 Å².